The van der Waals surface area contributed by atoms with E-state index in [1.807, 2.05) is 0 Å². The van der Waals surface area contributed by atoms with Crippen LogP contribution in [0.25, 0.3) is 0 Å². The second-order valence-electron chi connectivity index (χ2n) is 6.58. The van der Waals surface area contributed by atoms with Gasteiger partial charge in [-0.2, -0.15) is 0 Å². The molecule has 1 heterocycles. The summed E-state index contributed by atoms with van der Waals surface area (Å²) < 4.78 is 11.9. The van der Waals surface area contributed by atoms with E-state index in [2.05, 4.69) is 18.2 Å². The molecular weight excluding hydrogens is 238 g/mol. The average molecular weight is 259 g/mol. The zero-order valence-corrected chi connectivity index (χ0v) is 11.3. The van der Waals surface area contributed by atoms with Crippen LogP contribution in [0.5, 0.6) is 11.5 Å². The van der Waals surface area contributed by atoms with Crippen LogP contribution >= 0.6 is 0 Å². The maximum Gasteiger partial charge on any atom is 0.161 e. The lowest BCUT2D eigenvalue weighted by molar-refractivity contribution is 0.197. The van der Waals surface area contributed by atoms with Crippen molar-refractivity contribution in [1.29, 1.82) is 0 Å². The van der Waals surface area contributed by atoms with Crippen LogP contribution in [-0.2, 0) is 5.41 Å². The van der Waals surface area contributed by atoms with E-state index in [4.69, 9.17) is 15.2 Å². The molecule has 0 bridgehead atoms. The van der Waals surface area contributed by atoms with Crippen molar-refractivity contribution < 1.29 is 9.47 Å². The molecule has 19 heavy (non-hydrogen) atoms. The Kier molecular flexibility index (Phi) is 2.37. The number of nitrogens with two attached hydrogens (primary N) is 1. The lowest BCUT2D eigenvalue weighted by Gasteiger charge is -2.41. The fraction of sp³-hybridized carbons (Fsp3) is 0.625. The molecule has 102 valence electrons. The molecule has 1 spiro atoms. The molecule has 0 unspecified atom stereocenters. The van der Waals surface area contributed by atoms with Crippen molar-refractivity contribution in [2.24, 2.45) is 11.1 Å². The van der Waals surface area contributed by atoms with Gasteiger partial charge in [0.25, 0.3) is 0 Å². The molecule has 0 aromatic heterocycles. The highest BCUT2D eigenvalue weighted by molar-refractivity contribution is 5.46. The minimum Gasteiger partial charge on any atom is -0.489 e. The van der Waals surface area contributed by atoms with Gasteiger partial charge >= 0.3 is 0 Å². The normalized spacial score (nSPS) is 25.5. The lowest BCUT2D eigenvalue weighted by Crippen LogP contribution is -2.41. The number of fused-ring (bicyclic) bond motifs is 1. The van der Waals surface area contributed by atoms with Gasteiger partial charge in [0, 0.05) is 17.4 Å². The summed E-state index contributed by atoms with van der Waals surface area (Å²) in [6.45, 7) is 2.34. The minimum atomic E-state index is 0.196. The summed E-state index contributed by atoms with van der Waals surface area (Å²) in [5, 5.41) is 0. The fourth-order valence-corrected chi connectivity index (χ4v) is 3.25. The van der Waals surface area contributed by atoms with Crippen molar-refractivity contribution in [3.8, 4) is 11.5 Å². The maximum absolute atomic E-state index is 6.01. The van der Waals surface area contributed by atoms with E-state index in [1.54, 1.807) is 0 Å². The first-order valence-corrected chi connectivity index (χ1v) is 7.36. The quantitative estimate of drug-likeness (QED) is 0.888. The summed E-state index contributed by atoms with van der Waals surface area (Å²) in [6, 6.07) is 6.42. The molecule has 2 fully saturated rings. The number of hydrogen-bond acceptors (Lipinski definition) is 3. The zero-order valence-electron chi connectivity index (χ0n) is 11.3. The second-order valence-corrected chi connectivity index (χ2v) is 6.58. The fourth-order valence-electron chi connectivity index (χ4n) is 3.25. The first-order chi connectivity index (χ1) is 9.25. The molecule has 3 heteroatoms. The molecular formula is C16H21NO2. The summed E-state index contributed by atoms with van der Waals surface area (Å²) in [4.78, 5) is 0. The van der Waals surface area contributed by atoms with E-state index in [9.17, 15) is 0 Å². The van der Waals surface area contributed by atoms with Crippen molar-refractivity contribution in [2.45, 2.75) is 37.5 Å². The van der Waals surface area contributed by atoms with Gasteiger partial charge in [-0.3, -0.25) is 0 Å². The van der Waals surface area contributed by atoms with E-state index in [0.717, 1.165) is 31.3 Å². The van der Waals surface area contributed by atoms with E-state index < -0.39 is 0 Å². The Balaban J connectivity index is 1.65. The molecule has 0 amide bonds. The van der Waals surface area contributed by atoms with Gasteiger partial charge < -0.3 is 15.2 Å². The summed E-state index contributed by atoms with van der Waals surface area (Å²) in [5.74, 6) is 1.82. The van der Waals surface area contributed by atoms with Crippen LogP contribution in [0.1, 0.15) is 37.7 Å². The molecule has 0 saturated heterocycles. The summed E-state index contributed by atoms with van der Waals surface area (Å²) in [5.41, 5.74) is 7.82. The Bertz CT molecular complexity index is 498. The Morgan fingerprint density at radius 3 is 2.32 bits per heavy atom. The largest absolute Gasteiger partial charge is 0.489 e. The molecule has 0 atom stereocenters. The average Bonchev–Trinajstić information content (AvgIpc) is 3.17. The molecule has 4 rings (SSSR count). The van der Waals surface area contributed by atoms with Crippen LogP contribution in [-0.4, -0.2) is 19.8 Å². The van der Waals surface area contributed by atoms with E-state index in [0.29, 0.717) is 5.41 Å². The highest BCUT2D eigenvalue weighted by Crippen LogP contribution is 2.50. The maximum atomic E-state index is 6.01. The number of hydrogen-bond donors (Lipinski definition) is 1. The predicted octanol–water partition coefficient (Wildman–Crippen LogP) is 2.62. The second kappa shape index (κ2) is 3.89. The van der Waals surface area contributed by atoms with E-state index in [-0.39, 0.29) is 5.41 Å². The van der Waals surface area contributed by atoms with Gasteiger partial charge in [0.05, 0.1) is 13.2 Å². The third-order valence-corrected chi connectivity index (χ3v) is 5.28. The SMILES string of the molecule is NCC1(c2ccc3c(c2)OCC2(CC2)CO3)CCC1. The highest BCUT2D eigenvalue weighted by Gasteiger charge is 2.46. The van der Waals surface area contributed by atoms with Gasteiger partial charge in [-0.1, -0.05) is 12.5 Å². The van der Waals surface area contributed by atoms with Gasteiger partial charge in [-0.15, -0.1) is 0 Å². The van der Waals surface area contributed by atoms with Crippen molar-refractivity contribution in [3.63, 3.8) is 0 Å². The van der Waals surface area contributed by atoms with E-state index in [1.165, 1.54) is 37.7 Å². The zero-order chi connectivity index (χ0) is 12.9. The standard InChI is InChI=1S/C16H21NO2/c17-9-16(4-1-5-16)12-2-3-13-14(8-12)19-11-15(6-7-15)10-18-13/h2-3,8H,1,4-7,9-11,17H2. The Hall–Kier alpha value is -1.22. The van der Waals surface area contributed by atoms with Crippen LogP contribution < -0.4 is 15.2 Å². The predicted molar refractivity (Wildman–Crippen MR) is 73.7 cm³/mol. The summed E-state index contributed by atoms with van der Waals surface area (Å²) >= 11 is 0. The summed E-state index contributed by atoms with van der Waals surface area (Å²) in [6.07, 6.45) is 6.16. The van der Waals surface area contributed by atoms with Gasteiger partial charge in [0.1, 0.15) is 0 Å². The minimum absolute atomic E-state index is 0.196. The Morgan fingerprint density at radius 1 is 1.00 bits per heavy atom. The monoisotopic (exact) mass is 259 g/mol. The van der Waals surface area contributed by atoms with Crippen molar-refractivity contribution in [1.82, 2.24) is 0 Å². The first kappa shape index (κ1) is 11.6. The third kappa shape index (κ3) is 1.75. The molecule has 1 aromatic rings. The molecule has 3 nitrogen and oxygen atoms in total. The summed E-state index contributed by atoms with van der Waals surface area (Å²) in [7, 11) is 0. The Labute approximate surface area is 114 Å². The molecule has 1 aliphatic heterocycles. The third-order valence-electron chi connectivity index (χ3n) is 5.28. The Morgan fingerprint density at radius 2 is 1.74 bits per heavy atom. The van der Waals surface area contributed by atoms with Crippen LogP contribution in [0, 0.1) is 5.41 Å². The van der Waals surface area contributed by atoms with Crippen LogP contribution in [0.2, 0.25) is 0 Å². The van der Waals surface area contributed by atoms with Crippen LogP contribution in [0.3, 0.4) is 0 Å². The highest BCUT2D eigenvalue weighted by atomic mass is 16.5. The molecule has 3 aliphatic rings. The number of rotatable bonds is 2. The molecule has 2 saturated carbocycles. The number of benzene rings is 1. The van der Waals surface area contributed by atoms with E-state index >= 15 is 0 Å². The topological polar surface area (TPSA) is 44.5 Å². The smallest absolute Gasteiger partial charge is 0.161 e. The van der Waals surface area contributed by atoms with Crippen molar-refractivity contribution in [3.05, 3.63) is 23.8 Å². The van der Waals surface area contributed by atoms with Crippen molar-refractivity contribution in [2.75, 3.05) is 19.8 Å². The molecule has 2 N–H and O–H groups in total. The first-order valence-electron chi connectivity index (χ1n) is 7.36. The molecule has 0 radical (unpaired) electrons. The molecule has 1 aromatic carbocycles. The van der Waals surface area contributed by atoms with Gasteiger partial charge in [0.2, 0.25) is 0 Å². The van der Waals surface area contributed by atoms with Crippen LogP contribution in [0.15, 0.2) is 18.2 Å². The number of ether oxygens (including phenoxy) is 2. The van der Waals surface area contributed by atoms with Gasteiger partial charge in [-0.05, 0) is 43.4 Å². The van der Waals surface area contributed by atoms with Crippen molar-refractivity contribution >= 4 is 0 Å². The molecule has 2 aliphatic carbocycles. The lowest BCUT2D eigenvalue weighted by atomic mass is 9.64. The van der Waals surface area contributed by atoms with Gasteiger partial charge in [-0.25, -0.2) is 0 Å². The van der Waals surface area contributed by atoms with Crippen LogP contribution in [0.4, 0.5) is 0 Å². The van der Waals surface area contributed by atoms with Gasteiger partial charge in [0.15, 0.2) is 11.5 Å².